The second kappa shape index (κ2) is 12.2. The summed E-state index contributed by atoms with van der Waals surface area (Å²) in [4.78, 5) is 13.0. The summed E-state index contributed by atoms with van der Waals surface area (Å²) in [6, 6.07) is 22.0. The highest BCUT2D eigenvalue weighted by molar-refractivity contribution is 6.00. The smallest absolute Gasteiger partial charge is 0.330 e. The standard InChI is InChI=1S/C35H43N3O2/c1-8-31(39)40-24-12-10-9-11-23-38-36-32-29(25-13-17-27(18-14-25)34(2,3)4)21-22-30(33(32)37-38)26-15-19-28(20-16-26)35(5,6)7/h8,13-22H,1,9-12,23-24H2,2-7H3. The van der Waals surface area contributed by atoms with Crippen LogP contribution in [0, 0.1) is 0 Å². The van der Waals surface area contributed by atoms with Crippen LogP contribution in [-0.4, -0.2) is 27.6 Å². The molecule has 0 N–H and O–H groups in total. The predicted octanol–water partition coefficient (Wildman–Crippen LogP) is 8.65. The highest BCUT2D eigenvalue weighted by Crippen LogP contribution is 2.35. The van der Waals surface area contributed by atoms with Gasteiger partial charge in [0.25, 0.3) is 0 Å². The third-order valence-electron chi connectivity index (χ3n) is 7.37. The molecule has 0 bridgehead atoms. The van der Waals surface area contributed by atoms with Gasteiger partial charge in [-0.3, -0.25) is 0 Å². The highest BCUT2D eigenvalue weighted by atomic mass is 16.5. The third kappa shape index (κ3) is 7.07. The number of nitrogens with zero attached hydrogens (tertiary/aromatic N) is 3. The Hall–Kier alpha value is -3.73. The molecule has 5 heteroatoms. The lowest BCUT2D eigenvalue weighted by atomic mass is 9.85. The van der Waals surface area contributed by atoms with Crippen LogP contribution in [0.3, 0.4) is 0 Å². The van der Waals surface area contributed by atoms with Crippen molar-refractivity contribution in [3.8, 4) is 22.3 Å². The zero-order chi connectivity index (χ0) is 28.9. The van der Waals surface area contributed by atoms with E-state index in [-0.39, 0.29) is 16.8 Å². The number of fused-ring (bicyclic) bond motifs is 1. The van der Waals surface area contributed by atoms with E-state index >= 15 is 0 Å². The third-order valence-corrected chi connectivity index (χ3v) is 7.37. The van der Waals surface area contributed by atoms with Crippen molar-refractivity contribution in [2.24, 2.45) is 0 Å². The molecule has 0 spiro atoms. The van der Waals surface area contributed by atoms with Gasteiger partial charge >= 0.3 is 5.97 Å². The predicted molar refractivity (Wildman–Crippen MR) is 165 cm³/mol. The molecule has 40 heavy (non-hydrogen) atoms. The second-order valence-corrected chi connectivity index (χ2v) is 12.6. The molecule has 5 nitrogen and oxygen atoms in total. The number of hydrogen-bond donors (Lipinski definition) is 0. The number of esters is 1. The van der Waals surface area contributed by atoms with Gasteiger partial charge in [-0.25, -0.2) is 4.79 Å². The van der Waals surface area contributed by atoms with E-state index in [1.165, 1.54) is 17.2 Å². The lowest BCUT2D eigenvalue weighted by Crippen LogP contribution is -2.10. The summed E-state index contributed by atoms with van der Waals surface area (Å²) < 4.78 is 5.07. The van der Waals surface area contributed by atoms with Crippen LogP contribution in [0.5, 0.6) is 0 Å². The molecular formula is C35H43N3O2. The van der Waals surface area contributed by atoms with Crippen LogP contribution in [0.4, 0.5) is 0 Å². The first kappa shape index (κ1) is 29.3. The summed E-state index contributed by atoms with van der Waals surface area (Å²) in [5.74, 6) is -0.361. The van der Waals surface area contributed by atoms with Crippen molar-refractivity contribution >= 4 is 17.0 Å². The molecule has 210 valence electrons. The number of ether oxygens (including phenoxy) is 1. The van der Waals surface area contributed by atoms with Gasteiger partial charge in [0.1, 0.15) is 11.0 Å². The van der Waals surface area contributed by atoms with Crippen LogP contribution >= 0.6 is 0 Å². The summed E-state index contributed by atoms with van der Waals surface area (Å²) in [7, 11) is 0. The van der Waals surface area contributed by atoms with Crippen molar-refractivity contribution in [3.63, 3.8) is 0 Å². The monoisotopic (exact) mass is 537 g/mol. The fraction of sp³-hybridized carbons (Fsp3) is 0.400. The Morgan fingerprint density at radius 1 is 0.725 bits per heavy atom. The molecule has 1 aromatic heterocycles. The van der Waals surface area contributed by atoms with Gasteiger partial charge in [-0.1, -0.05) is 115 Å². The quantitative estimate of drug-likeness (QED) is 0.115. The minimum Gasteiger partial charge on any atom is -0.463 e. The molecule has 0 radical (unpaired) electrons. The van der Waals surface area contributed by atoms with Crippen LogP contribution in [0.25, 0.3) is 33.3 Å². The summed E-state index contributed by atoms with van der Waals surface area (Å²) in [6.07, 6.45) is 5.02. The van der Waals surface area contributed by atoms with E-state index in [9.17, 15) is 4.79 Å². The summed E-state index contributed by atoms with van der Waals surface area (Å²) in [5, 5.41) is 9.99. The number of rotatable bonds is 10. The maximum Gasteiger partial charge on any atom is 0.330 e. The SMILES string of the molecule is C=CC(=O)OCCCCCCn1nc2c(-c3ccc(C(C)(C)C)cc3)ccc(-c3ccc(C(C)(C)C)cc3)c2n1. The molecule has 0 fully saturated rings. The fourth-order valence-electron chi connectivity index (χ4n) is 4.84. The van der Waals surface area contributed by atoms with Gasteiger partial charge in [-0.2, -0.15) is 15.0 Å². The zero-order valence-electron chi connectivity index (χ0n) is 25.0. The van der Waals surface area contributed by atoms with E-state index in [2.05, 4.69) is 109 Å². The van der Waals surface area contributed by atoms with E-state index in [0.717, 1.165) is 65.5 Å². The molecular weight excluding hydrogens is 494 g/mol. The Kier molecular flexibility index (Phi) is 8.92. The Balaban J connectivity index is 1.61. The van der Waals surface area contributed by atoms with Gasteiger partial charge in [0.05, 0.1) is 13.2 Å². The molecule has 3 aromatic carbocycles. The Bertz CT molecular complexity index is 1360. The van der Waals surface area contributed by atoms with Crippen molar-refractivity contribution < 1.29 is 9.53 Å². The van der Waals surface area contributed by atoms with E-state index in [0.29, 0.717) is 6.61 Å². The molecule has 0 saturated heterocycles. The van der Waals surface area contributed by atoms with Crippen LogP contribution in [0.1, 0.15) is 78.4 Å². The molecule has 0 aliphatic rings. The van der Waals surface area contributed by atoms with Gasteiger partial charge in [0.15, 0.2) is 0 Å². The summed E-state index contributed by atoms with van der Waals surface area (Å²) in [5.41, 5.74) is 9.18. The van der Waals surface area contributed by atoms with Gasteiger partial charge in [0.2, 0.25) is 0 Å². The molecule has 0 aliphatic heterocycles. The largest absolute Gasteiger partial charge is 0.463 e. The first-order valence-corrected chi connectivity index (χ1v) is 14.4. The van der Waals surface area contributed by atoms with Gasteiger partial charge in [-0.05, 0) is 52.3 Å². The zero-order valence-corrected chi connectivity index (χ0v) is 25.0. The van der Waals surface area contributed by atoms with Crippen LogP contribution in [0.2, 0.25) is 0 Å². The molecule has 0 amide bonds. The molecule has 0 atom stereocenters. The molecule has 4 rings (SSSR count). The van der Waals surface area contributed by atoms with E-state index < -0.39 is 0 Å². The number of unbranched alkanes of at least 4 members (excludes halogenated alkanes) is 3. The lowest BCUT2D eigenvalue weighted by Gasteiger charge is -2.19. The molecule has 4 aromatic rings. The number of benzene rings is 3. The van der Waals surface area contributed by atoms with Gasteiger partial charge < -0.3 is 4.74 Å². The van der Waals surface area contributed by atoms with Gasteiger partial charge in [-0.15, -0.1) is 0 Å². The first-order valence-electron chi connectivity index (χ1n) is 14.4. The number of aryl methyl sites for hydroxylation is 1. The number of aromatic nitrogens is 3. The molecule has 1 heterocycles. The van der Waals surface area contributed by atoms with Crippen molar-refractivity contribution in [1.29, 1.82) is 0 Å². The van der Waals surface area contributed by atoms with Crippen molar-refractivity contribution in [2.45, 2.75) is 84.6 Å². The number of hydrogen-bond acceptors (Lipinski definition) is 4. The maximum atomic E-state index is 11.2. The Morgan fingerprint density at radius 2 is 1.18 bits per heavy atom. The van der Waals surface area contributed by atoms with Crippen molar-refractivity contribution in [3.05, 3.63) is 84.4 Å². The molecule has 0 saturated carbocycles. The lowest BCUT2D eigenvalue weighted by molar-refractivity contribution is -0.137. The van der Waals surface area contributed by atoms with E-state index in [1.807, 2.05) is 4.80 Å². The average molecular weight is 538 g/mol. The van der Waals surface area contributed by atoms with Crippen molar-refractivity contribution in [2.75, 3.05) is 6.61 Å². The molecule has 0 aliphatic carbocycles. The highest BCUT2D eigenvalue weighted by Gasteiger charge is 2.18. The van der Waals surface area contributed by atoms with Crippen molar-refractivity contribution in [1.82, 2.24) is 15.0 Å². The number of carbonyl (C=O) groups excluding carboxylic acids is 1. The average Bonchev–Trinajstić information content (AvgIpc) is 3.35. The maximum absolute atomic E-state index is 11.2. The minimum atomic E-state index is -0.361. The Labute approximate surface area is 239 Å². The Morgan fingerprint density at radius 3 is 1.60 bits per heavy atom. The van der Waals surface area contributed by atoms with Crippen LogP contribution in [0.15, 0.2) is 73.3 Å². The fourth-order valence-corrected chi connectivity index (χ4v) is 4.84. The second-order valence-electron chi connectivity index (χ2n) is 12.6. The van der Waals surface area contributed by atoms with Crippen LogP contribution < -0.4 is 0 Å². The van der Waals surface area contributed by atoms with E-state index in [1.54, 1.807) is 0 Å². The van der Waals surface area contributed by atoms with E-state index in [4.69, 9.17) is 14.9 Å². The summed E-state index contributed by atoms with van der Waals surface area (Å²) >= 11 is 0. The normalized spacial score (nSPS) is 12.1. The summed E-state index contributed by atoms with van der Waals surface area (Å²) in [6.45, 7) is 18.0. The topological polar surface area (TPSA) is 57.0 Å². The first-order chi connectivity index (χ1) is 19.0. The van der Waals surface area contributed by atoms with Gasteiger partial charge in [0, 0.05) is 17.2 Å². The minimum absolute atomic E-state index is 0.105. The number of carbonyl (C=O) groups is 1. The molecule has 0 unspecified atom stereocenters. The van der Waals surface area contributed by atoms with Crippen LogP contribution in [-0.2, 0) is 26.9 Å².